The summed E-state index contributed by atoms with van der Waals surface area (Å²) < 4.78 is 0. The molecule has 1 aliphatic rings. The van der Waals surface area contributed by atoms with Crippen molar-refractivity contribution in [1.29, 1.82) is 0 Å². The molecule has 4 rings (SSSR count). The van der Waals surface area contributed by atoms with Crippen molar-refractivity contribution in [3.8, 4) is 0 Å². The van der Waals surface area contributed by atoms with E-state index in [2.05, 4.69) is 21.0 Å². The Hall–Kier alpha value is -4.04. The van der Waals surface area contributed by atoms with E-state index in [1.807, 2.05) is 60.7 Å². The minimum absolute atomic E-state index is 0.218. The SMILES string of the molecule is O=C(NN1C(C(=O)NCCc2ccccc2)CC1C(=O)NCCc1ccccc1)c1ccncc1. The predicted octanol–water partition coefficient (Wildman–Crippen LogP) is 1.89. The Morgan fingerprint density at radius 1 is 0.743 bits per heavy atom. The summed E-state index contributed by atoms with van der Waals surface area (Å²) in [7, 11) is 0. The molecule has 2 atom stereocenters. The van der Waals surface area contributed by atoms with Gasteiger partial charge in [0, 0.05) is 31.0 Å². The minimum Gasteiger partial charge on any atom is -0.354 e. The van der Waals surface area contributed by atoms with Gasteiger partial charge in [-0.2, -0.15) is 5.01 Å². The number of nitrogens with zero attached hydrogens (tertiary/aromatic N) is 2. The van der Waals surface area contributed by atoms with Crippen molar-refractivity contribution in [2.24, 2.45) is 0 Å². The molecule has 0 bridgehead atoms. The number of hydrogen-bond acceptors (Lipinski definition) is 5. The van der Waals surface area contributed by atoms with Gasteiger partial charge in [0.05, 0.1) is 0 Å². The highest BCUT2D eigenvalue weighted by Crippen LogP contribution is 2.24. The third kappa shape index (κ3) is 6.51. The lowest BCUT2D eigenvalue weighted by molar-refractivity contribution is -0.147. The van der Waals surface area contributed by atoms with Gasteiger partial charge in [-0.3, -0.25) is 24.8 Å². The molecule has 180 valence electrons. The first-order valence-electron chi connectivity index (χ1n) is 11.7. The van der Waals surface area contributed by atoms with Crippen molar-refractivity contribution < 1.29 is 14.4 Å². The van der Waals surface area contributed by atoms with Crippen LogP contribution in [0.3, 0.4) is 0 Å². The topological polar surface area (TPSA) is 103 Å². The molecule has 8 heteroatoms. The average Bonchev–Trinajstić information content (AvgIpc) is 2.88. The minimum atomic E-state index is -0.624. The number of nitrogens with one attached hydrogen (secondary N) is 3. The van der Waals surface area contributed by atoms with Crippen molar-refractivity contribution in [1.82, 2.24) is 26.1 Å². The molecule has 2 aromatic carbocycles. The fourth-order valence-electron chi connectivity index (χ4n) is 4.01. The van der Waals surface area contributed by atoms with Gasteiger partial charge < -0.3 is 10.6 Å². The number of pyridine rings is 1. The smallest absolute Gasteiger partial charge is 0.265 e. The van der Waals surface area contributed by atoms with Gasteiger partial charge in [0.1, 0.15) is 12.1 Å². The number of hydrogen-bond donors (Lipinski definition) is 3. The summed E-state index contributed by atoms with van der Waals surface area (Å²) in [5.41, 5.74) is 5.41. The molecular weight excluding hydrogens is 442 g/mol. The van der Waals surface area contributed by atoms with Crippen LogP contribution in [0.1, 0.15) is 27.9 Å². The lowest BCUT2D eigenvalue weighted by Gasteiger charge is -2.45. The van der Waals surface area contributed by atoms with Crippen molar-refractivity contribution in [3.05, 3.63) is 102 Å². The normalized spacial score (nSPS) is 17.1. The van der Waals surface area contributed by atoms with Crippen LogP contribution in [0.5, 0.6) is 0 Å². The highest BCUT2D eigenvalue weighted by atomic mass is 16.2. The third-order valence-corrected chi connectivity index (χ3v) is 6.01. The van der Waals surface area contributed by atoms with Gasteiger partial charge in [0.15, 0.2) is 0 Å². The zero-order valence-electron chi connectivity index (χ0n) is 19.4. The Labute approximate surface area is 204 Å². The molecular formula is C27H29N5O3. The van der Waals surface area contributed by atoms with E-state index >= 15 is 0 Å². The molecule has 1 saturated heterocycles. The number of benzene rings is 2. The summed E-state index contributed by atoms with van der Waals surface area (Å²) in [6.45, 7) is 0.943. The molecule has 1 aliphatic heterocycles. The quantitative estimate of drug-likeness (QED) is 0.419. The lowest BCUT2D eigenvalue weighted by atomic mass is 9.93. The highest BCUT2D eigenvalue weighted by molar-refractivity contribution is 5.95. The predicted molar refractivity (Wildman–Crippen MR) is 132 cm³/mol. The van der Waals surface area contributed by atoms with E-state index in [1.165, 1.54) is 17.4 Å². The monoisotopic (exact) mass is 471 g/mol. The standard InChI is InChI=1S/C27H29N5O3/c33-25(22-13-15-28-16-14-22)31-32-23(26(34)29-17-11-20-7-3-1-4-8-20)19-24(32)27(35)30-18-12-21-9-5-2-6-10-21/h1-10,13-16,23-24H,11-12,17-19H2,(H,29,34)(H,30,35)(H,31,33). The van der Waals surface area contributed by atoms with Crippen molar-refractivity contribution >= 4 is 17.7 Å². The van der Waals surface area contributed by atoms with Crippen molar-refractivity contribution in [2.75, 3.05) is 13.1 Å². The van der Waals surface area contributed by atoms with Crippen LogP contribution >= 0.6 is 0 Å². The second-order valence-corrected chi connectivity index (χ2v) is 8.40. The van der Waals surface area contributed by atoms with E-state index in [1.54, 1.807) is 12.1 Å². The Bertz CT molecular complexity index is 1060. The summed E-state index contributed by atoms with van der Waals surface area (Å²) in [5.74, 6) is -0.829. The van der Waals surface area contributed by atoms with E-state index in [9.17, 15) is 14.4 Å². The zero-order chi connectivity index (χ0) is 24.5. The Balaban J connectivity index is 1.35. The zero-order valence-corrected chi connectivity index (χ0v) is 19.4. The second kappa shape index (κ2) is 11.9. The number of carbonyl (C=O) groups excluding carboxylic acids is 3. The molecule has 2 heterocycles. The van der Waals surface area contributed by atoms with Gasteiger partial charge in [-0.1, -0.05) is 60.7 Å². The van der Waals surface area contributed by atoms with Gasteiger partial charge in [0.25, 0.3) is 5.91 Å². The molecule has 1 fully saturated rings. The van der Waals surface area contributed by atoms with Gasteiger partial charge in [0.2, 0.25) is 11.8 Å². The number of rotatable bonds is 10. The second-order valence-electron chi connectivity index (χ2n) is 8.40. The largest absolute Gasteiger partial charge is 0.354 e. The van der Waals surface area contributed by atoms with Crippen molar-refractivity contribution in [3.63, 3.8) is 0 Å². The summed E-state index contributed by atoms with van der Waals surface area (Å²) in [4.78, 5) is 42.4. The van der Waals surface area contributed by atoms with Crippen LogP contribution < -0.4 is 16.1 Å². The Morgan fingerprint density at radius 2 is 1.23 bits per heavy atom. The molecule has 3 amide bonds. The van der Waals surface area contributed by atoms with Crippen molar-refractivity contribution in [2.45, 2.75) is 31.3 Å². The summed E-state index contributed by atoms with van der Waals surface area (Å²) >= 11 is 0. The fourth-order valence-corrected chi connectivity index (χ4v) is 4.01. The third-order valence-electron chi connectivity index (χ3n) is 6.01. The molecule has 0 saturated carbocycles. The van der Waals surface area contributed by atoms with E-state index in [0.29, 0.717) is 37.9 Å². The molecule has 0 spiro atoms. The maximum absolute atomic E-state index is 12.9. The van der Waals surface area contributed by atoms with Crippen LogP contribution in [0.2, 0.25) is 0 Å². The fraction of sp³-hybridized carbons (Fsp3) is 0.259. The molecule has 2 unspecified atom stereocenters. The Morgan fingerprint density at radius 3 is 1.71 bits per heavy atom. The summed E-state index contributed by atoms with van der Waals surface area (Å²) in [6, 6.07) is 21.7. The average molecular weight is 472 g/mol. The summed E-state index contributed by atoms with van der Waals surface area (Å²) in [6.07, 6.45) is 4.77. The number of carbonyl (C=O) groups is 3. The van der Waals surface area contributed by atoms with Gasteiger partial charge in [-0.05, 0) is 42.5 Å². The van der Waals surface area contributed by atoms with Gasteiger partial charge >= 0.3 is 0 Å². The first-order valence-corrected chi connectivity index (χ1v) is 11.7. The molecule has 35 heavy (non-hydrogen) atoms. The first-order chi connectivity index (χ1) is 17.1. The van der Waals surface area contributed by atoms with Crippen LogP contribution in [0.25, 0.3) is 0 Å². The summed E-state index contributed by atoms with van der Waals surface area (Å²) in [5, 5.41) is 7.31. The molecule has 3 N–H and O–H groups in total. The van der Waals surface area contributed by atoms with Crippen LogP contribution in [-0.2, 0) is 22.4 Å². The molecule has 0 radical (unpaired) electrons. The maximum Gasteiger partial charge on any atom is 0.265 e. The van der Waals surface area contributed by atoms with E-state index < -0.39 is 18.0 Å². The van der Waals surface area contributed by atoms with Gasteiger partial charge in [-0.15, -0.1) is 0 Å². The lowest BCUT2D eigenvalue weighted by Crippen LogP contribution is -2.71. The molecule has 1 aromatic heterocycles. The highest BCUT2D eigenvalue weighted by Gasteiger charge is 2.47. The molecule has 0 aliphatic carbocycles. The van der Waals surface area contributed by atoms with Crippen LogP contribution in [0.4, 0.5) is 0 Å². The molecule has 3 aromatic rings. The maximum atomic E-state index is 12.9. The van der Waals surface area contributed by atoms with Crippen LogP contribution in [0, 0.1) is 0 Å². The number of amides is 3. The van der Waals surface area contributed by atoms with E-state index in [-0.39, 0.29) is 11.8 Å². The van der Waals surface area contributed by atoms with Gasteiger partial charge in [-0.25, -0.2) is 0 Å². The van der Waals surface area contributed by atoms with Crippen LogP contribution in [0.15, 0.2) is 85.2 Å². The molecule has 8 nitrogen and oxygen atoms in total. The van der Waals surface area contributed by atoms with E-state index in [0.717, 1.165) is 11.1 Å². The Kier molecular flexibility index (Phi) is 8.19. The number of aromatic nitrogens is 1. The van der Waals surface area contributed by atoms with Crippen LogP contribution in [-0.4, -0.2) is 52.9 Å². The number of hydrazine groups is 1. The van der Waals surface area contributed by atoms with E-state index in [4.69, 9.17) is 0 Å². The first kappa shape index (κ1) is 24.1.